The first-order chi connectivity index (χ1) is 7.25. The van der Waals surface area contributed by atoms with Gasteiger partial charge < -0.3 is 4.57 Å². The minimum Gasteiger partial charge on any atom is -0.349 e. The van der Waals surface area contributed by atoms with Gasteiger partial charge in [0.05, 0.1) is 6.54 Å². The van der Waals surface area contributed by atoms with E-state index in [2.05, 4.69) is 53.5 Å². The molecule has 1 aliphatic heterocycles. The first-order valence-electron chi connectivity index (χ1n) is 5.60. The Hall–Kier alpha value is -1.20. The third kappa shape index (κ3) is 2.64. The fourth-order valence-electron chi connectivity index (χ4n) is 1.86. The second kappa shape index (κ2) is 4.55. The molecule has 1 aromatic rings. The minimum absolute atomic E-state index is 0.485. The number of nitrogens with zero attached hydrogens (tertiary/aromatic N) is 2. The number of fused-ring (bicyclic) bond motifs is 1. The topological polar surface area (TPSA) is 8.17 Å². The Balaban J connectivity index is 1.91. The highest BCUT2D eigenvalue weighted by molar-refractivity contribution is 5.10. The number of hydrogen-bond acceptors (Lipinski definition) is 1. The molecular weight excluding hydrogens is 184 g/mol. The second-order valence-electron chi connectivity index (χ2n) is 4.38. The number of aromatic nitrogens is 1. The van der Waals surface area contributed by atoms with Crippen molar-refractivity contribution in [2.45, 2.75) is 26.9 Å². The summed E-state index contributed by atoms with van der Waals surface area (Å²) >= 11 is 0. The Morgan fingerprint density at radius 1 is 1.40 bits per heavy atom. The number of rotatable bonds is 1. The molecule has 15 heavy (non-hydrogen) atoms. The van der Waals surface area contributed by atoms with E-state index in [0.717, 1.165) is 26.2 Å². The van der Waals surface area contributed by atoms with E-state index in [9.17, 15) is 0 Å². The molecule has 0 saturated heterocycles. The summed E-state index contributed by atoms with van der Waals surface area (Å²) in [6.45, 7) is 8.44. The summed E-state index contributed by atoms with van der Waals surface area (Å²) < 4.78 is 2.33. The van der Waals surface area contributed by atoms with E-state index in [-0.39, 0.29) is 0 Å². The van der Waals surface area contributed by atoms with E-state index in [4.69, 9.17) is 0 Å². The van der Waals surface area contributed by atoms with Crippen molar-refractivity contribution < 1.29 is 0 Å². The highest BCUT2D eigenvalue weighted by atomic mass is 15.2. The van der Waals surface area contributed by atoms with Crippen molar-refractivity contribution in [2.75, 3.05) is 13.1 Å². The summed E-state index contributed by atoms with van der Waals surface area (Å²) in [5.74, 6) is 6.94. The first kappa shape index (κ1) is 10.3. The van der Waals surface area contributed by atoms with Crippen molar-refractivity contribution in [3.63, 3.8) is 0 Å². The maximum absolute atomic E-state index is 3.24. The monoisotopic (exact) mass is 202 g/mol. The third-order valence-electron chi connectivity index (χ3n) is 2.66. The Morgan fingerprint density at radius 2 is 2.27 bits per heavy atom. The fourth-order valence-corrected chi connectivity index (χ4v) is 1.86. The lowest BCUT2D eigenvalue weighted by Crippen LogP contribution is -2.33. The molecule has 0 amide bonds. The summed E-state index contributed by atoms with van der Waals surface area (Å²) in [6.07, 6.45) is 2.16. The molecule has 1 aromatic heterocycles. The van der Waals surface area contributed by atoms with Crippen LogP contribution in [0.2, 0.25) is 0 Å². The molecule has 80 valence electrons. The fraction of sp³-hybridized carbons (Fsp3) is 0.538. The van der Waals surface area contributed by atoms with Crippen LogP contribution in [0.25, 0.3) is 0 Å². The van der Waals surface area contributed by atoms with Gasteiger partial charge in [-0.2, -0.15) is 0 Å². The highest BCUT2D eigenvalue weighted by Gasteiger charge is 2.13. The van der Waals surface area contributed by atoms with Gasteiger partial charge in [0, 0.05) is 37.4 Å². The maximum atomic E-state index is 3.24. The summed E-state index contributed by atoms with van der Waals surface area (Å²) in [5, 5.41) is 0. The molecule has 0 N–H and O–H groups in total. The molecule has 0 atom stereocenters. The molecular formula is C13H18N2. The van der Waals surface area contributed by atoms with Crippen LogP contribution in [0.3, 0.4) is 0 Å². The molecule has 2 heterocycles. The quantitative estimate of drug-likeness (QED) is 0.632. The summed E-state index contributed by atoms with van der Waals surface area (Å²) in [7, 11) is 0. The van der Waals surface area contributed by atoms with Gasteiger partial charge in [0.25, 0.3) is 0 Å². The van der Waals surface area contributed by atoms with E-state index < -0.39 is 0 Å². The molecule has 0 aliphatic carbocycles. The summed E-state index contributed by atoms with van der Waals surface area (Å²) in [6, 6.07) is 4.32. The molecule has 0 aromatic carbocycles. The zero-order valence-corrected chi connectivity index (χ0v) is 9.53. The average Bonchev–Trinajstić information content (AvgIpc) is 2.64. The number of hydrogen-bond donors (Lipinski definition) is 0. The molecule has 0 unspecified atom stereocenters. The van der Waals surface area contributed by atoms with Gasteiger partial charge in [0.1, 0.15) is 0 Å². The summed E-state index contributed by atoms with van der Waals surface area (Å²) in [4.78, 5) is 2.41. The van der Waals surface area contributed by atoms with Gasteiger partial charge in [-0.05, 0) is 12.1 Å². The largest absolute Gasteiger partial charge is 0.349 e. The van der Waals surface area contributed by atoms with Crippen molar-refractivity contribution in [1.82, 2.24) is 9.47 Å². The van der Waals surface area contributed by atoms with Crippen molar-refractivity contribution in [3.05, 3.63) is 24.0 Å². The van der Waals surface area contributed by atoms with Crippen LogP contribution in [-0.2, 0) is 13.1 Å². The third-order valence-corrected chi connectivity index (χ3v) is 2.66. The van der Waals surface area contributed by atoms with Crippen molar-refractivity contribution in [3.8, 4) is 11.8 Å². The van der Waals surface area contributed by atoms with Gasteiger partial charge in [-0.15, -0.1) is 0 Å². The van der Waals surface area contributed by atoms with E-state index in [1.165, 1.54) is 5.69 Å². The van der Waals surface area contributed by atoms with E-state index in [1.54, 1.807) is 0 Å². The molecule has 1 aliphatic rings. The van der Waals surface area contributed by atoms with Crippen LogP contribution in [0.15, 0.2) is 18.3 Å². The molecule has 0 spiro atoms. The Morgan fingerprint density at radius 3 is 3.07 bits per heavy atom. The van der Waals surface area contributed by atoms with Crippen LogP contribution < -0.4 is 0 Å². The molecule has 0 radical (unpaired) electrons. The van der Waals surface area contributed by atoms with E-state index >= 15 is 0 Å². The SMILES string of the molecule is CC(C)C#CCN1CCn2cccc2C1. The molecule has 0 saturated carbocycles. The zero-order chi connectivity index (χ0) is 10.7. The summed E-state index contributed by atoms with van der Waals surface area (Å²) in [5.41, 5.74) is 1.41. The Labute approximate surface area is 91.9 Å². The van der Waals surface area contributed by atoms with Crippen LogP contribution in [0.4, 0.5) is 0 Å². The maximum Gasteiger partial charge on any atom is 0.0605 e. The average molecular weight is 202 g/mol. The van der Waals surface area contributed by atoms with Gasteiger partial charge in [-0.3, -0.25) is 4.90 Å². The van der Waals surface area contributed by atoms with Gasteiger partial charge in [0.2, 0.25) is 0 Å². The highest BCUT2D eigenvalue weighted by Crippen LogP contribution is 2.11. The van der Waals surface area contributed by atoms with E-state index in [1.807, 2.05) is 0 Å². The van der Waals surface area contributed by atoms with Gasteiger partial charge in [0.15, 0.2) is 0 Å². The first-order valence-corrected chi connectivity index (χ1v) is 5.60. The van der Waals surface area contributed by atoms with Gasteiger partial charge in [-0.25, -0.2) is 0 Å². The minimum atomic E-state index is 0.485. The molecule has 2 nitrogen and oxygen atoms in total. The van der Waals surface area contributed by atoms with Crippen LogP contribution in [0, 0.1) is 17.8 Å². The molecule has 2 heteroatoms. The predicted octanol–water partition coefficient (Wildman–Crippen LogP) is 1.96. The predicted molar refractivity (Wildman–Crippen MR) is 62.3 cm³/mol. The lowest BCUT2D eigenvalue weighted by Gasteiger charge is -2.26. The van der Waals surface area contributed by atoms with Crippen LogP contribution in [-0.4, -0.2) is 22.6 Å². The lowest BCUT2D eigenvalue weighted by molar-refractivity contribution is 0.247. The smallest absolute Gasteiger partial charge is 0.0605 e. The van der Waals surface area contributed by atoms with Crippen LogP contribution in [0.5, 0.6) is 0 Å². The second-order valence-corrected chi connectivity index (χ2v) is 4.38. The van der Waals surface area contributed by atoms with E-state index in [0.29, 0.717) is 5.92 Å². The molecule has 2 rings (SSSR count). The normalized spacial score (nSPS) is 15.9. The van der Waals surface area contributed by atoms with Gasteiger partial charge >= 0.3 is 0 Å². The Bertz CT molecular complexity index is 379. The van der Waals surface area contributed by atoms with Crippen molar-refractivity contribution in [1.29, 1.82) is 0 Å². The Kier molecular flexibility index (Phi) is 3.13. The molecule has 0 fully saturated rings. The van der Waals surface area contributed by atoms with Crippen molar-refractivity contribution in [2.24, 2.45) is 5.92 Å². The standard InChI is InChI=1S/C13H18N2/c1-12(2)5-3-7-14-9-10-15-8-4-6-13(15)11-14/h4,6,8,12H,7,9-11H2,1-2H3. The lowest BCUT2D eigenvalue weighted by atomic mass is 10.2. The van der Waals surface area contributed by atoms with Crippen LogP contribution >= 0.6 is 0 Å². The van der Waals surface area contributed by atoms with Gasteiger partial charge in [-0.1, -0.05) is 25.7 Å². The van der Waals surface area contributed by atoms with Crippen molar-refractivity contribution >= 4 is 0 Å². The van der Waals surface area contributed by atoms with Crippen LogP contribution in [0.1, 0.15) is 19.5 Å². The molecule has 0 bridgehead atoms. The zero-order valence-electron chi connectivity index (χ0n) is 9.53.